The van der Waals surface area contributed by atoms with Crippen LogP contribution >= 0.6 is 0 Å². The third-order valence-corrected chi connectivity index (χ3v) is 7.25. The lowest BCUT2D eigenvalue weighted by Crippen LogP contribution is -2.47. The maximum Gasteiger partial charge on any atom is 0.407 e. The molecule has 186 valence electrons. The first-order valence-corrected chi connectivity index (χ1v) is 12.5. The second-order valence-electron chi connectivity index (χ2n) is 9.95. The molecule has 3 atom stereocenters. The van der Waals surface area contributed by atoms with Crippen LogP contribution < -0.4 is 10.6 Å². The molecule has 0 radical (unpaired) electrons. The molecule has 1 saturated carbocycles. The SMILES string of the molecule is CC(C)[C@@H](NC(=O)C[C@@H]1CCCC[C@@H]1NC(=O)OCC1c2ccccc2-c2ccccc21)C(=O)O. The number of ether oxygens (including phenoxy) is 1. The smallest absolute Gasteiger partial charge is 0.407 e. The topological polar surface area (TPSA) is 105 Å². The molecule has 2 amide bonds. The van der Waals surface area contributed by atoms with E-state index in [4.69, 9.17) is 4.74 Å². The molecule has 0 aliphatic heterocycles. The van der Waals surface area contributed by atoms with Gasteiger partial charge >= 0.3 is 12.1 Å². The number of amides is 2. The third kappa shape index (κ3) is 5.66. The molecule has 2 aromatic rings. The Morgan fingerprint density at radius 3 is 2.17 bits per heavy atom. The molecule has 0 saturated heterocycles. The first-order chi connectivity index (χ1) is 16.8. The highest BCUT2D eigenvalue weighted by atomic mass is 16.5. The molecule has 0 heterocycles. The average Bonchev–Trinajstić information content (AvgIpc) is 3.16. The summed E-state index contributed by atoms with van der Waals surface area (Å²) in [5.41, 5.74) is 4.67. The van der Waals surface area contributed by atoms with Crippen LogP contribution in [0.25, 0.3) is 11.1 Å². The molecule has 2 aromatic carbocycles. The summed E-state index contributed by atoms with van der Waals surface area (Å²) in [6.45, 7) is 3.77. The van der Waals surface area contributed by atoms with Crippen LogP contribution in [0.3, 0.4) is 0 Å². The van der Waals surface area contributed by atoms with E-state index < -0.39 is 18.1 Å². The summed E-state index contributed by atoms with van der Waals surface area (Å²) in [4.78, 5) is 36.8. The normalized spacial score (nSPS) is 20.0. The van der Waals surface area contributed by atoms with E-state index in [1.807, 2.05) is 24.3 Å². The van der Waals surface area contributed by atoms with Gasteiger partial charge in [-0.15, -0.1) is 0 Å². The molecule has 2 aliphatic carbocycles. The summed E-state index contributed by atoms with van der Waals surface area (Å²) in [6.07, 6.45) is 3.24. The Kier molecular flexibility index (Phi) is 7.73. The van der Waals surface area contributed by atoms with Crippen molar-refractivity contribution in [3.63, 3.8) is 0 Å². The van der Waals surface area contributed by atoms with Crippen molar-refractivity contribution in [2.45, 2.75) is 64.0 Å². The molecule has 35 heavy (non-hydrogen) atoms. The molecule has 3 N–H and O–H groups in total. The Balaban J connectivity index is 1.35. The summed E-state index contributed by atoms with van der Waals surface area (Å²) in [6, 6.07) is 15.3. The molecule has 2 aliphatic rings. The van der Waals surface area contributed by atoms with E-state index in [0.717, 1.165) is 36.8 Å². The molecule has 1 fully saturated rings. The number of carboxylic acids is 1. The molecule has 0 unspecified atom stereocenters. The summed E-state index contributed by atoms with van der Waals surface area (Å²) in [5, 5.41) is 15.0. The zero-order valence-corrected chi connectivity index (χ0v) is 20.3. The van der Waals surface area contributed by atoms with Crippen molar-refractivity contribution in [2.24, 2.45) is 11.8 Å². The lowest BCUT2D eigenvalue weighted by Gasteiger charge is -2.32. The van der Waals surface area contributed by atoms with Crippen LogP contribution in [-0.2, 0) is 14.3 Å². The Morgan fingerprint density at radius 2 is 1.57 bits per heavy atom. The number of hydrogen-bond acceptors (Lipinski definition) is 4. The van der Waals surface area contributed by atoms with Crippen LogP contribution in [0.4, 0.5) is 4.79 Å². The van der Waals surface area contributed by atoms with Crippen molar-refractivity contribution in [1.82, 2.24) is 10.6 Å². The van der Waals surface area contributed by atoms with E-state index in [1.54, 1.807) is 13.8 Å². The van der Waals surface area contributed by atoms with E-state index in [9.17, 15) is 19.5 Å². The molecule has 0 spiro atoms. The molecular formula is C28H34N2O5. The Bertz CT molecular complexity index is 1040. The average molecular weight is 479 g/mol. The number of carbonyl (C=O) groups is 3. The fourth-order valence-corrected chi connectivity index (χ4v) is 5.42. The third-order valence-electron chi connectivity index (χ3n) is 7.25. The van der Waals surface area contributed by atoms with Gasteiger partial charge in [-0.2, -0.15) is 0 Å². The first-order valence-electron chi connectivity index (χ1n) is 12.5. The number of rotatable bonds is 8. The molecule has 4 rings (SSSR count). The minimum Gasteiger partial charge on any atom is -0.480 e. The molecule has 0 aromatic heterocycles. The van der Waals surface area contributed by atoms with Gasteiger partial charge in [-0.25, -0.2) is 9.59 Å². The lowest BCUT2D eigenvalue weighted by molar-refractivity contribution is -0.143. The van der Waals surface area contributed by atoms with Crippen molar-refractivity contribution in [1.29, 1.82) is 0 Å². The van der Waals surface area contributed by atoms with Crippen LogP contribution in [0, 0.1) is 11.8 Å². The highest BCUT2D eigenvalue weighted by Crippen LogP contribution is 2.44. The lowest BCUT2D eigenvalue weighted by atomic mass is 9.82. The van der Waals surface area contributed by atoms with Crippen molar-refractivity contribution in [2.75, 3.05) is 6.61 Å². The van der Waals surface area contributed by atoms with Crippen molar-refractivity contribution >= 4 is 18.0 Å². The number of hydrogen-bond donors (Lipinski definition) is 3. The number of aliphatic carboxylic acids is 1. The van der Waals surface area contributed by atoms with E-state index in [1.165, 1.54) is 11.1 Å². The number of nitrogens with one attached hydrogen (secondary N) is 2. The van der Waals surface area contributed by atoms with Gasteiger partial charge in [-0.3, -0.25) is 4.79 Å². The standard InChI is InChI=1S/C28H34N2O5/c1-17(2)26(27(32)33)30-25(31)15-18-9-3-8-14-24(18)29-28(34)35-16-23-21-12-6-4-10-19(21)20-11-5-7-13-22(20)23/h4-7,10-13,17-18,23-24,26H,3,8-9,14-16H2,1-2H3,(H,29,34)(H,30,31)(H,32,33)/t18-,24-,26+/m0/s1. The summed E-state index contributed by atoms with van der Waals surface area (Å²) in [7, 11) is 0. The van der Waals surface area contributed by atoms with Gasteiger partial charge in [0.05, 0.1) is 0 Å². The molecule has 7 heteroatoms. The predicted molar refractivity (Wildman–Crippen MR) is 133 cm³/mol. The van der Waals surface area contributed by atoms with Crippen LogP contribution in [0.15, 0.2) is 48.5 Å². The van der Waals surface area contributed by atoms with Gasteiger partial charge in [0, 0.05) is 18.4 Å². The Hall–Kier alpha value is -3.35. The Labute approximate surface area is 206 Å². The van der Waals surface area contributed by atoms with Gasteiger partial charge in [-0.1, -0.05) is 75.2 Å². The maximum atomic E-state index is 12.8. The number of carboxylic acid groups (broad SMARTS) is 1. The quantitative estimate of drug-likeness (QED) is 0.510. The van der Waals surface area contributed by atoms with Crippen LogP contribution in [-0.4, -0.2) is 41.8 Å². The Morgan fingerprint density at radius 1 is 0.971 bits per heavy atom. The summed E-state index contributed by atoms with van der Waals surface area (Å²) in [5.74, 6) is -1.60. The van der Waals surface area contributed by atoms with Gasteiger partial charge < -0.3 is 20.5 Å². The number of alkyl carbamates (subject to hydrolysis) is 1. The number of benzene rings is 2. The predicted octanol–water partition coefficient (Wildman–Crippen LogP) is 4.70. The van der Waals surface area contributed by atoms with Crippen LogP contribution in [0.5, 0.6) is 0 Å². The van der Waals surface area contributed by atoms with E-state index >= 15 is 0 Å². The maximum absolute atomic E-state index is 12.8. The van der Waals surface area contributed by atoms with E-state index in [0.29, 0.717) is 0 Å². The van der Waals surface area contributed by atoms with Crippen molar-refractivity contribution in [3.8, 4) is 11.1 Å². The summed E-state index contributed by atoms with van der Waals surface area (Å²) < 4.78 is 5.69. The minimum absolute atomic E-state index is 0.00920. The molecule has 0 bridgehead atoms. The van der Waals surface area contributed by atoms with Gasteiger partial charge in [0.2, 0.25) is 5.91 Å². The fourth-order valence-electron chi connectivity index (χ4n) is 5.42. The summed E-state index contributed by atoms with van der Waals surface area (Å²) >= 11 is 0. The number of carbonyl (C=O) groups excluding carboxylic acids is 2. The van der Waals surface area contributed by atoms with Crippen molar-refractivity contribution in [3.05, 3.63) is 59.7 Å². The molecule has 7 nitrogen and oxygen atoms in total. The van der Waals surface area contributed by atoms with Gasteiger partial charge in [0.1, 0.15) is 12.6 Å². The van der Waals surface area contributed by atoms with E-state index in [-0.39, 0.29) is 42.7 Å². The number of fused-ring (bicyclic) bond motifs is 3. The highest BCUT2D eigenvalue weighted by Gasteiger charge is 2.32. The van der Waals surface area contributed by atoms with Crippen LogP contribution in [0.1, 0.15) is 63.0 Å². The largest absolute Gasteiger partial charge is 0.480 e. The second-order valence-corrected chi connectivity index (χ2v) is 9.95. The van der Waals surface area contributed by atoms with Crippen molar-refractivity contribution < 1.29 is 24.2 Å². The van der Waals surface area contributed by atoms with Gasteiger partial charge in [0.15, 0.2) is 0 Å². The second kappa shape index (κ2) is 10.9. The van der Waals surface area contributed by atoms with Gasteiger partial charge in [-0.05, 0) is 46.9 Å². The van der Waals surface area contributed by atoms with Gasteiger partial charge in [0.25, 0.3) is 0 Å². The highest BCUT2D eigenvalue weighted by molar-refractivity contribution is 5.84. The first kappa shape index (κ1) is 24.8. The molecular weight excluding hydrogens is 444 g/mol. The zero-order chi connectivity index (χ0) is 24.9. The minimum atomic E-state index is -1.04. The monoisotopic (exact) mass is 478 g/mol. The van der Waals surface area contributed by atoms with Crippen LogP contribution in [0.2, 0.25) is 0 Å². The zero-order valence-electron chi connectivity index (χ0n) is 20.3. The van der Waals surface area contributed by atoms with E-state index in [2.05, 4.69) is 34.9 Å². The fraction of sp³-hybridized carbons (Fsp3) is 0.464.